The maximum atomic E-state index is 13.3. The fraction of sp³-hybridized carbons (Fsp3) is 0.286. The van der Waals surface area contributed by atoms with Gasteiger partial charge < -0.3 is 10.7 Å². The summed E-state index contributed by atoms with van der Waals surface area (Å²) in [6.07, 6.45) is 0.765. The van der Waals surface area contributed by atoms with Crippen LogP contribution in [0.3, 0.4) is 0 Å². The first-order chi connectivity index (χ1) is 13.6. The van der Waals surface area contributed by atoms with Crippen LogP contribution in [-0.2, 0) is 11.2 Å². The van der Waals surface area contributed by atoms with Gasteiger partial charge in [0.15, 0.2) is 5.82 Å². The molecular formula is C21H23N5OS. The van der Waals surface area contributed by atoms with Gasteiger partial charge in [-0.2, -0.15) is 0 Å². The van der Waals surface area contributed by atoms with E-state index in [4.69, 9.17) is 0 Å². The summed E-state index contributed by atoms with van der Waals surface area (Å²) < 4.78 is 1.91. The Hall–Kier alpha value is -2.80. The summed E-state index contributed by atoms with van der Waals surface area (Å²) in [5.74, 6) is 0.809. The molecule has 6 nitrogen and oxygen atoms in total. The minimum atomic E-state index is -0.372. The van der Waals surface area contributed by atoms with Gasteiger partial charge >= 0.3 is 0 Å². The van der Waals surface area contributed by atoms with Crippen LogP contribution in [0, 0.1) is 13.8 Å². The van der Waals surface area contributed by atoms with Crippen LogP contribution < -0.4 is 10.7 Å². The molecule has 4 rings (SSSR count). The van der Waals surface area contributed by atoms with Crippen LogP contribution in [0.4, 0.5) is 5.69 Å². The second-order valence-electron chi connectivity index (χ2n) is 6.95. The number of thioether (sulfide) groups is 1. The van der Waals surface area contributed by atoms with Crippen molar-refractivity contribution in [2.75, 3.05) is 10.7 Å². The molecular weight excluding hydrogens is 370 g/mol. The number of hydrogen-bond donors (Lipinski definition) is 2. The zero-order chi connectivity index (χ0) is 19.7. The molecule has 1 aromatic heterocycles. The van der Waals surface area contributed by atoms with E-state index in [2.05, 4.69) is 20.9 Å². The fourth-order valence-corrected chi connectivity index (χ4v) is 4.41. The molecule has 0 spiro atoms. The monoisotopic (exact) mass is 393 g/mol. The Kier molecular flexibility index (Phi) is 5.09. The zero-order valence-electron chi connectivity index (χ0n) is 16.1. The minimum Gasteiger partial charge on any atom is -0.325 e. The summed E-state index contributed by atoms with van der Waals surface area (Å²) in [4.78, 5) is 13.3. The Morgan fingerprint density at radius 1 is 1.18 bits per heavy atom. The summed E-state index contributed by atoms with van der Waals surface area (Å²) in [6, 6.07) is 15.9. The van der Waals surface area contributed by atoms with Crippen molar-refractivity contribution in [2.45, 2.75) is 43.6 Å². The average Bonchev–Trinajstić information content (AvgIpc) is 3.12. The van der Waals surface area contributed by atoms with Gasteiger partial charge in [0, 0.05) is 12.1 Å². The number of fused-ring (bicyclic) bond motifs is 1. The van der Waals surface area contributed by atoms with Gasteiger partial charge in [0.1, 0.15) is 5.25 Å². The molecule has 2 N–H and O–H groups in total. The summed E-state index contributed by atoms with van der Waals surface area (Å²) in [5, 5.41) is 12.0. The molecule has 0 radical (unpaired) electrons. The second-order valence-corrected chi connectivity index (χ2v) is 8.06. The summed E-state index contributed by atoms with van der Waals surface area (Å²) in [6.45, 7) is 6.06. The minimum absolute atomic E-state index is 0.0487. The lowest BCUT2D eigenvalue weighted by Crippen LogP contribution is -2.41. The molecule has 2 unspecified atom stereocenters. The van der Waals surface area contributed by atoms with Crippen LogP contribution in [0.15, 0.2) is 53.7 Å². The van der Waals surface area contributed by atoms with Gasteiger partial charge in [-0.1, -0.05) is 61.2 Å². The summed E-state index contributed by atoms with van der Waals surface area (Å²) in [5.41, 5.74) is 7.52. The van der Waals surface area contributed by atoms with Crippen LogP contribution >= 0.6 is 11.8 Å². The van der Waals surface area contributed by atoms with E-state index in [0.717, 1.165) is 34.6 Å². The smallest absolute Gasteiger partial charge is 0.240 e. The molecule has 0 saturated heterocycles. The summed E-state index contributed by atoms with van der Waals surface area (Å²) in [7, 11) is 0. The predicted octanol–water partition coefficient (Wildman–Crippen LogP) is 3.86. The first-order valence-electron chi connectivity index (χ1n) is 9.37. The van der Waals surface area contributed by atoms with E-state index in [1.807, 2.05) is 74.0 Å². The highest BCUT2D eigenvalue weighted by Crippen LogP contribution is 2.37. The van der Waals surface area contributed by atoms with Crippen molar-refractivity contribution in [3.8, 4) is 0 Å². The fourth-order valence-electron chi connectivity index (χ4n) is 3.31. The molecule has 1 aliphatic heterocycles. The number of carbonyl (C=O) groups excluding carboxylic acids is 1. The molecule has 2 aromatic carbocycles. The van der Waals surface area contributed by atoms with E-state index < -0.39 is 0 Å². The number of nitrogens with zero attached hydrogens (tertiary/aromatic N) is 3. The molecule has 0 saturated carbocycles. The van der Waals surface area contributed by atoms with Gasteiger partial charge in [0.25, 0.3) is 0 Å². The lowest BCUT2D eigenvalue weighted by molar-refractivity contribution is -0.116. The third-order valence-electron chi connectivity index (χ3n) is 4.89. The third-order valence-corrected chi connectivity index (χ3v) is 6.10. The predicted molar refractivity (Wildman–Crippen MR) is 112 cm³/mol. The SMILES string of the molecule is CCc1nnc2n1NC(c1ccccc1)C(C(=O)Nc1cc(C)ccc1C)S2. The molecule has 0 aliphatic carbocycles. The van der Waals surface area contributed by atoms with Gasteiger partial charge in [-0.25, -0.2) is 4.68 Å². The van der Waals surface area contributed by atoms with Crippen molar-refractivity contribution in [3.63, 3.8) is 0 Å². The number of rotatable bonds is 4. The molecule has 2 atom stereocenters. The number of carbonyl (C=O) groups is 1. The Morgan fingerprint density at radius 3 is 2.71 bits per heavy atom. The molecule has 0 fully saturated rings. The number of anilines is 1. The van der Waals surface area contributed by atoms with Crippen LogP contribution in [0.2, 0.25) is 0 Å². The number of benzene rings is 2. The molecule has 0 bridgehead atoms. The van der Waals surface area contributed by atoms with Crippen molar-refractivity contribution < 1.29 is 4.79 Å². The standard InChI is InChI=1S/C21H23N5OS/c1-4-17-23-24-21-26(17)25-18(15-8-6-5-7-9-15)19(28-21)20(27)22-16-12-13(2)10-11-14(16)3/h5-12,18-19,25H,4H2,1-3H3,(H,22,27). The van der Waals surface area contributed by atoms with Crippen molar-refractivity contribution >= 4 is 23.4 Å². The van der Waals surface area contributed by atoms with E-state index >= 15 is 0 Å². The zero-order valence-corrected chi connectivity index (χ0v) is 17.0. The van der Waals surface area contributed by atoms with Gasteiger partial charge in [-0.3, -0.25) is 4.79 Å². The number of aryl methyl sites for hydroxylation is 3. The Labute approximate surface area is 168 Å². The average molecular weight is 394 g/mol. The first kappa shape index (κ1) is 18.6. The topological polar surface area (TPSA) is 71.8 Å². The quantitative estimate of drug-likeness (QED) is 0.704. The molecule has 1 aliphatic rings. The maximum Gasteiger partial charge on any atom is 0.240 e. The van der Waals surface area contributed by atoms with Crippen molar-refractivity contribution in [1.29, 1.82) is 0 Å². The van der Waals surface area contributed by atoms with Gasteiger partial charge in [-0.15, -0.1) is 10.2 Å². The number of amides is 1. The van der Waals surface area contributed by atoms with Gasteiger partial charge in [0.05, 0.1) is 6.04 Å². The van der Waals surface area contributed by atoms with Crippen LogP contribution in [0.5, 0.6) is 0 Å². The highest BCUT2D eigenvalue weighted by atomic mass is 32.2. The Bertz CT molecular complexity index is 1000. The maximum absolute atomic E-state index is 13.3. The van der Waals surface area contributed by atoms with E-state index in [1.54, 1.807) is 0 Å². The molecule has 3 aromatic rings. The van der Waals surface area contributed by atoms with Crippen molar-refractivity contribution in [3.05, 3.63) is 71.0 Å². The van der Waals surface area contributed by atoms with E-state index in [9.17, 15) is 4.79 Å². The van der Waals surface area contributed by atoms with Crippen LogP contribution in [-0.4, -0.2) is 26.0 Å². The van der Waals surface area contributed by atoms with Crippen LogP contribution in [0.1, 0.15) is 35.5 Å². The first-order valence-corrected chi connectivity index (χ1v) is 10.3. The van der Waals surface area contributed by atoms with E-state index in [1.165, 1.54) is 11.8 Å². The molecule has 2 heterocycles. The number of hydrogen-bond acceptors (Lipinski definition) is 5. The lowest BCUT2D eigenvalue weighted by atomic mass is 10.0. The van der Waals surface area contributed by atoms with Gasteiger partial charge in [0.2, 0.25) is 11.1 Å². The van der Waals surface area contributed by atoms with E-state index in [-0.39, 0.29) is 17.2 Å². The molecule has 144 valence electrons. The Morgan fingerprint density at radius 2 is 1.96 bits per heavy atom. The molecule has 1 amide bonds. The number of nitrogens with one attached hydrogen (secondary N) is 2. The van der Waals surface area contributed by atoms with E-state index in [0.29, 0.717) is 5.16 Å². The number of aromatic nitrogens is 3. The highest BCUT2D eigenvalue weighted by Gasteiger charge is 2.37. The largest absolute Gasteiger partial charge is 0.325 e. The van der Waals surface area contributed by atoms with Crippen molar-refractivity contribution in [1.82, 2.24) is 14.9 Å². The molecule has 28 heavy (non-hydrogen) atoms. The van der Waals surface area contributed by atoms with Crippen LogP contribution in [0.25, 0.3) is 0 Å². The lowest BCUT2D eigenvalue weighted by Gasteiger charge is -2.33. The third kappa shape index (κ3) is 3.49. The molecule has 7 heteroatoms. The summed E-state index contributed by atoms with van der Waals surface area (Å²) >= 11 is 1.45. The Balaban J connectivity index is 1.68. The van der Waals surface area contributed by atoms with Gasteiger partial charge in [-0.05, 0) is 36.6 Å². The normalized spacial score (nSPS) is 18.2. The second kappa shape index (κ2) is 7.67. The van der Waals surface area contributed by atoms with Crippen molar-refractivity contribution in [2.24, 2.45) is 0 Å². The highest BCUT2D eigenvalue weighted by molar-refractivity contribution is 8.00.